The largest absolute Gasteiger partial charge is 0.517 e. The number of anilines is 1. The fourth-order valence-corrected chi connectivity index (χ4v) is 7.92. The van der Waals surface area contributed by atoms with E-state index in [4.69, 9.17) is 24.1 Å². The van der Waals surface area contributed by atoms with Crippen LogP contribution in [0.3, 0.4) is 0 Å². The molecule has 4 aromatic carbocycles. The predicted molar refractivity (Wildman–Crippen MR) is 181 cm³/mol. The standard InChI is InChI=1S/C27H32N.C10H12O.2ClH.Ru/c1-6-20-13-10-14-21(7-2)25(20)28-19-27(5,18-26(28,3)4)24-16-15-22-11-8-9-12-23(22)17-24;1-8(2)11-10-7-5-4-6-9(10)3;;;/h8-17,19H,6-7,18H2,1-5H3;3-8H,1-2H3;2*1H;/q-1;;;;+2/p-2/t27-;;;;/m0..../s1. The van der Waals surface area contributed by atoms with Gasteiger partial charge in [-0.2, -0.15) is 0 Å². The zero-order valence-corrected chi connectivity index (χ0v) is 29.2. The number of fused-ring (bicyclic) bond motifs is 1. The SMILES string of the molecule is CC(C)Oc1ccccc1[CH]=[Ru]([Cl])[Cl].CCc1cccc(CC)c1N1[CH-][C@@](C)(c2ccc3ccccc3c2)CC1(C)C. The van der Waals surface area contributed by atoms with Crippen LogP contribution in [0.4, 0.5) is 5.69 Å². The molecule has 1 heterocycles. The third-order valence-electron chi connectivity index (χ3n) is 7.95. The Morgan fingerprint density at radius 1 is 0.857 bits per heavy atom. The molecule has 0 bridgehead atoms. The molecule has 0 spiro atoms. The summed E-state index contributed by atoms with van der Waals surface area (Å²) < 4.78 is 7.51. The average molecular weight is 691 g/mol. The molecule has 5 rings (SSSR count). The van der Waals surface area contributed by atoms with Crippen LogP contribution < -0.4 is 9.64 Å². The summed E-state index contributed by atoms with van der Waals surface area (Å²) in [6.45, 7) is 18.2. The molecule has 1 aliphatic rings. The van der Waals surface area contributed by atoms with Crippen LogP contribution in [-0.2, 0) is 31.8 Å². The number of benzene rings is 4. The summed E-state index contributed by atoms with van der Waals surface area (Å²) in [4.78, 5) is 2.58. The first-order valence-electron chi connectivity index (χ1n) is 14.8. The molecule has 0 amide bonds. The number of ether oxygens (including phenoxy) is 1. The van der Waals surface area contributed by atoms with E-state index in [1.54, 1.807) is 0 Å². The van der Waals surface area contributed by atoms with Gasteiger partial charge in [0, 0.05) is 11.2 Å². The Balaban J connectivity index is 0.000000244. The normalized spacial score (nSPS) is 18.0. The van der Waals surface area contributed by atoms with E-state index in [0.717, 1.165) is 30.6 Å². The first kappa shape index (κ1) is 32.7. The van der Waals surface area contributed by atoms with E-state index in [2.05, 4.69) is 107 Å². The van der Waals surface area contributed by atoms with E-state index in [1.807, 2.05) is 42.7 Å². The first-order chi connectivity index (χ1) is 20.0. The van der Waals surface area contributed by atoms with E-state index in [-0.39, 0.29) is 17.1 Å². The average Bonchev–Trinajstić information content (AvgIpc) is 3.22. The minimum absolute atomic E-state index is 0.0272. The zero-order valence-electron chi connectivity index (χ0n) is 25.9. The molecule has 1 atom stereocenters. The maximum Gasteiger partial charge on any atom is 0.0140 e. The van der Waals surface area contributed by atoms with Gasteiger partial charge in [0.15, 0.2) is 0 Å². The molecule has 42 heavy (non-hydrogen) atoms. The Morgan fingerprint density at radius 2 is 1.48 bits per heavy atom. The maximum atomic E-state index is 5.82. The predicted octanol–water partition coefficient (Wildman–Crippen LogP) is 10.6. The van der Waals surface area contributed by atoms with Crippen LogP contribution >= 0.6 is 19.4 Å². The van der Waals surface area contributed by atoms with Gasteiger partial charge >= 0.3 is 97.8 Å². The Labute approximate surface area is 266 Å². The minimum Gasteiger partial charge on any atom is -0.517 e. The molecular formula is C37H44Cl2NORu-. The fraction of sp³-hybridized carbons (Fsp3) is 0.351. The van der Waals surface area contributed by atoms with Gasteiger partial charge in [-0.15, -0.1) is 5.41 Å². The topological polar surface area (TPSA) is 12.5 Å². The zero-order chi connectivity index (χ0) is 30.5. The molecule has 0 aliphatic carbocycles. The number of rotatable bonds is 7. The van der Waals surface area contributed by atoms with Crippen molar-refractivity contribution in [3.05, 3.63) is 114 Å². The van der Waals surface area contributed by atoms with Gasteiger partial charge in [-0.3, -0.25) is 0 Å². The van der Waals surface area contributed by atoms with Crippen LogP contribution in [0.5, 0.6) is 5.75 Å². The van der Waals surface area contributed by atoms with Crippen LogP contribution in [0.1, 0.15) is 77.1 Å². The Bertz CT molecular complexity index is 1520. The molecule has 0 N–H and O–H groups in total. The van der Waals surface area contributed by atoms with E-state index in [9.17, 15) is 0 Å². The molecular weight excluding hydrogens is 646 g/mol. The first-order valence-corrected chi connectivity index (χ1v) is 20.3. The fourth-order valence-electron chi connectivity index (χ4n) is 6.11. The van der Waals surface area contributed by atoms with Gasteiger partial charge in [0.25, 0.3) is 0 Å². The Morgan fingerprint density at radius 3 is 2.10 bits per heavy atom. The van der Waals surface area contributed by atoms with Crippen molar-refractivity contribution in [2.75, 3.05) is 4.90 Å². The van der Waals surface area contributed by atoms with Crippen LogP contribution in [0.25, 0.3) is 10.8 Å². The van der Waals surface area contributed by atoms with Gasteiger partial charge in [0.1, 0.15) is 0 Å². The van der Waals surface area contributed by atoms with Gasteiger partial charge in [0.05, 0.1) is 0 Å². The number of hydrogen-bond donors (Lipinski definition) is 0. The molecule has 0 unspecified atom stereocenters. The molecule has 1 aliphatic heterocycles. The van der Waals surface area contributed by atoms with Crippen molar-refractivity contribution in [1.29, 1.82) is 0 Å². The van der Waals surface area contributed by atoms with Crippen molar-refractivity contribution in [3.8, 4) is 5.75 Å². The molecule has 5 heteroatoms. The van der Waals surface area contributed by atoms with Gasteiger partial charge in [-0.05, 0) is 55.0 Å². The van der Waals surface area contributed by atoms with Crippen molar-refractivity contribution in [2.24, 2.45) is 0 Å². The Kier molecular flexibility index (Phi) is 11.0. The van der Waals surface area contributed by atoms with Crippen molar-refractivity contribution in [1.82, 2.24) is 0 Å². The molecule has 0 aromatic heterocycles. The second kappa shape index (κ2) is 14.1. The van der Waals surface area contributed by atoms with E-state index >= 15 is 0 Å². The van der Waals surface area contributed by atoms with E-state index < -0.39 is 13.5 Å². The van der Waals surface area contributed by atoms with Crippen LogP contribution in [0.2, 0.25) is 0 Å². The van der Waals surface area contributed by atoms with Gasteiger partial charge in [0.2, 0.25) is 0 Å². The summed E-state index contributed by atoms with van der Waals surface area (Å²) in [5.41, 5.74) is 6.84. The molecule has 4 aromatic rings. The second-order valence-corrected chi connectivity index (χ2v) is 17.8. The number of para-hydroxylation sites is 2. The molecule has 1 fully saturated rings. The summed E-state index contributed by atoms with van der Waals surface area (Å²) in [5.74, 6) is 0.850. The molecule has 0 saturated carbocycles. The number of aryl methyl sites for hydroxylation is 2. The summed E-state index contributed by atoms with van der Waals surface area (Å²) in [6.07, 6.45) is 3.40. The summed E-state index contributed by atoms with van der Waals surface area (Å²) in [7, 11) is 11.6. The van der Waals surface area contributed by atoms with Crippen LogP contribution in [-0.4, -0.2) is 16.3 Å². The monoisotopic (exact) mass is 690 g/mol. The van der Waals surface area contributed by atoms with Crippen molar-refractivity contribution < 1.29 is 18.3 Å². The summed E-state index contributed by atoms with van der Waals surface area (Å²) in [6, 6.07) is 30.2. The van der Waals surface area contributed by atoms with Gasteiger partial charge in [-0.25, -0.2) is 6.54 Å². The van der Waals surface area contributed by atoms with Gasteiger partial charge in [-0.1, -0.05) is 87.0 Å². The van der Waals surface area contributed by atoms with E-state index in [1.165, 1.54) is 33.2 Å². The molecule has 226 valence electrons. The third kappa shape index (κ3) is 7.66. The van der Waals surface area contributed by atoms with Crippen LogP contribution in [0.15, 0.2) is 84.9 Å². The maximum absolute atomic E-state index is 5.82. The second-order valence-electron chi connectivity index (χ2n) is 12.1. The third-order valence-corrected chi connectivity index (χ3v) is 9.78. The number of halogens is 2. The molecule has 1 saturated heterocycles. The van der Waals surface area contributed by atoms with Crippen molar-refractivity contribution >= 4 is 40.5 Å². The van der Waals surface area contributed by atoms with E-state index in [0.29, 0.717) is 0 Å². The van der Waals surface area contributed by atoms with Crippen LogP contribution in [0, 0.1) is 6.54 Å². The number of hydrogen-bond acceptors (Lipinski definition) is 2. The van der Waals surface area contributed by atoms with Crippen molar-refractivity contribution in [3.63, 3.8) is 0 Å². The number of nitrogens with zero attached hydrogens (tertiary/aromatic N) is 1. The van der Waals surface area contributed by atoms with Gasteiger partial charge < -0.3 is 4.90 Å². The molecule has 0 radical (unpaired) electrons. The summed E-state index contributed by atoms with van der Waals surface area (Å²) in [5, 5.41) is 2.64. The minimum atomic E-state index is -1.77. The Hall–Kier alpha value is -2.19. The molecule has 2 nitrogen and oxygen atoms in total. The van der Waals surface area contributed by atoms with Crippen molar-refractivity contribution in [2.45, 2.75) is 84.8 Å². The quantitative estimate of drug-likeness (QED) is 0.141. The smallest absolute Gasteiger partial charge is 0.0140 e. The summed E-state index contributed by atoms with van der Waals surface area (Å²) >= 11 is -1.77.